The zero-order chi connectivity index (χ0) is 19.0. The number of benzene rings is 2. The molecule has 0 bridgehead atoms. The van der Waals surface area contributed by atoms with E-state index in [0.717, 1.165) is 6.07 Å². The zero-order valence-electron chi connectivity index (χ0n) is 14.3. The van der Waals surface area contributed by atoms with Crippen molar-refractivity contribution in [2.24, 2.45) is 0 Å². The number of phenols is 2. The predicted octanol–water partition coefficient (Wildman–Crippen LogP) is 2.55. The van der Waals surface area contributed by atoms with Crippen LogP contribution in [-0.4, -0.2) is 37.0 Å². The molecule has 2 N–H and O–H groups in total. The van der Waals surface area contributed by atoms with Crippen LogP contribution in [0.2, 0.25) is 0 Å². The molecule has 0 amide bonds. The topological polar surface area (TPSA) is 115 Å². The smallest absolute Gasteiger partial charge is 0.348 e. The molecule has 0 radical (unpaired) electrons. The normalized spacial score (nSPS) is 10.9. The van der Waals surface area contributed by atoms with Crippen LogP contribution in [0.4, 0.5) is 0 Å². The summed E-state index contributed by atoms with van der Waals surface area (Å²) in [6, 6.07) is 3.86. The van der Waals surface area contributed by atoms with Crippen LogP contribution in [0.1, 0.15) is 17.3 Å². The highest BCUT2D eigenvalue weighted by Gasteiger charge is 2.26. The van der Waals surface area contributed by atoms with E-state index in [2.05, 4.69) is 0 Å². The number of esters is 1. The average molecular weight is 360 g/mol. The third-order valence-electron chi connectivity index (χ3n) is 3.92. The zero-order valence-corrected chi connectivity index (χ0v) is 14.3. The number of fused-ring (bicyclic) bond motifs is 3. The highest BCUT2D eigenvalue weighted by atomic mass is 16.5. The maximum absolute atomic E-state index is 12.4. The summed E-state index contributed by atoms with van der Waals surface area (Å²) in [7, 11) is 2.82. The summed E-state index contributed by atoms with van der Waals surface area (Å²) in [5.41, 5.74) is -1.08. The van der Waals surface area contributed by atoms with Crippen molar-refractivity contribution in [2.45, 2.75) is 6.92 Å². The fourth-order valence-corrected chi connectivity index (χ4v) is 2.84. The molecular weight excluding hydrogens is 344 g/mol. The molecule has 0 unspecified atom stereocenters. The lowest BCUT2D eigenvalue weighted by molar-refractivity contribution is 0.0525. The fourth-order valence-electron chi connectivity index (χ4n) is 2.84. The molecule has 3 rings (SSSR count). The molecule has 0 saturated carbocycles. The minimum Gasteiger partial charge on any atom is -0.507 e. The van der Waals surface area contributed by atoms with E-state index in [1.54, 1.807) is 6.92 Å². The third-order valence-corrected chi connectivity index (χ3v) is 3.92. The van der Waals surface area contributed by atoms with Gasteiger partial charge in [-0.05, 0) is 6.92 Å². The third kappa shape index (κ3) is 2.55. The van der Waals surface area contributed by atoms with Gasteiger partial charge in [-0.1, -0.05) is 0 Å². The number of carbonyl (C=O) groups is 1. The lowest BCUT2D eigenvalue weighted by atomic mass is 9.99. The first-order valence-corrected chi connectivity index (χ1v) is 7.67. The van der Waals surface area contributed by atoms with Crippen LogP contribution in [0, 0.1) is 0 Å². The van der Waals surface area contributed by atoms with Crippen LogP contribution in [0.25, 0.3) is 21.7 Å². The van der Waals surface area contributed by atoms with Crippen molar-refractivity contribution in [2.75, 3.05) is 20.8 Å². The average Bonchev–Trinajstić information content (AvgIpc) is 2.60. The number of ether oxygens (including phenoxy) is 3. The second-order valence-corrected chi connectivity index (χ2v) is 5.35. The molecule has 0 fully saturated rings. The Morgan fingerprint density at radius 3 is 2.38 bits per heavy atom. The standard InChI is InChI=1S/C18H16O8/c1-4-25-17(21)13-9(19)7-10(20)14-16(13)15-11(24-3)5-8(23-2)6-12(15)26-18(14)22/h5-7,19-20H,4H2,1-3H3. The summed E-state index contributed by atoms with van der Waals surface area (Å²) in [6.45, 7) is 1.67. The Bertz CT molecular complexity index is 1080. The maximum Gasteiger partial charge on any atom is 0.348 e. The van der Waals surface area contributed by atoms with Gasteiger partial charge in [0.05, 0.1) is 26.2 Å². The highest BCUT2D eigenvalue weighted by Crippen LogP contribution is 2.42. The summed E-state index contributed by atoms with van der Waals surface area (Å²) < 4.78 is 20.7. The maximum atomic E-state index is 12.4. The van der Waals surface area contributed by atoms with Gasteiger partial charge >= 0.3 is 11.6 Å². The molecule has 3 aromatic rings. The molecule has 0 aliphatic heterocycles. The number of phenolic OH excluding ortho intramolecular Hbond substituents is 2. The largest absolute Gasteiger partial charge is 0.507 e. The van der Waals surface area contributed by atoms with Gasteiger partial charge in [0.2, 0.25) is 0 Å². The van der Waals surface area contributed by atoms with E-state index >= 15 is 0 Å². The van der Waals surface area contributed by atoms with E-state index in [4.69, 9.17) is 18.6 Å². The Morgan fingerprint density at radius 1 is 1.04 bits per heavy atom. The molecule has 1 aromatic heterocycles. The van der Waals surface area contributed by atoms with E-state index in [-0.39, 0.29) is 39.7 Å². The lowest BCUT2D eigenvalue weighted by Gasteiger charge is -2.14. The summed E-state index contributed by atoms with van der Waals surface area (Å²) in [4.78, 5) is 24.8. The lowest BCUT2D eigenvalue weighted by Crippen LogP contribution is -2.10. The summed E-state index contributed by atoms with van der Waals surface area (Å²) in [5, 5.41) is 20.3. The molecule has 0 saturated heterocycles. The molecule has 2 aromatic carbocycles. The van der Waals surface area contributed by atoms with E-state index in [1.165, 1.54) is 26.4 Å². The first-order chi connectivity index (χ1) is 12.4. The van der Waals surface area contributed by atoms with Gasteiger partial charge in [0.15, 0.2) is 0 Å². The Labute approximate surface area is 147 Å². The van der Waals surface area contributed by atoms with Gasteiger partial charge in [-0.3, -0.25) is 0 Å². The number of carbonyl (C=O) groups excluding carboxylic acids is 1. The highest BCUT2D eigenvalue weighted by molar-refractivity contribution is 6.19. The van der Waals surface area contributed by atoms with Crippen molar-refractivity contribution in [1.82, 2.24) is 0 Å². The van der Waals surface area contributed by atoms with Crippen LogP contribution in [0.5, 0.6) is 23.0 Å². The van der Waals surface area contributed by atoms with E-state index < -0.39 is 23.1 Å². The van der Waals surface area contributed by atoms with Gasteiger partial charge < -0.3 is 28.8 Å². The molecule has 1 heterocycles. The fraction of sp³-hybridized carbons (Fsp3) is 0.222. The van der Waals surface area contributed by atoms with E-state index in [0.29, 0.717) is 5.75 Å². The van der Waals surface area contributed by atoms with Gasteiger partial charge in [-0.25, -0.2) is 9.59 Å². The number of methoxy groups -OCH3 is 2. The van der Waals surface area contributed by atoms with Crippen molar-refractivity contribution in [1.29, 1.82) is 0 Å². The van der Waals surface area contributed by atoms with Crippen molar-refractivity contribution in [3.63, 3.8) is 0 Å². The molecule has 0 aliphatic carbocycles. The second-order valence-electron chi connectivity index (χ2n) is 5.35. The summed E-state index contributed by atoms with van der Waals surface area (Å²) in [5.74, 6) is -1.32. The van der Waals surface area contributed by atoms with Crippen LogP contribution in [0.15, 0.2) is 27.4 Å². The molecule has 136 valence electrons. The van der Waals surface area contributed by atoms with Gasteiger partial charge in [-0.15, -0.1) is 0 Å². The van der Waals surface area contributed by atoms with Gasteiger partial charge in [0.25, 0.3) is 0 Å². The van der Waals surface area contributed by atoms with Gasteiger partial charge in [-0.2, -0.15) is 0 Å². The molecule has 26 heavy (non-hydrogen) atoms. The molecule has 8 nitrogen and oxygen atoms in total. The number of rotatable bonds is 4. The molecule has 0 atom stereocenters. The summed E-state index contributed by atoms with van der Waals surface area (Å²) >= 11 is 0. The van der Waals surface area contributed by atoms with Crippen LogP contribution >= 0.6 is 0 Å². The quantitative estimate of drug-likeness (QED) is 0.414. The minimum absolute atomic E-state index is 0.0216. The summed E-state index contributed by atoms with van der Waals surface area (Å²) in [6.07, 6.45) is 0. The Balaban J connectivity index is 2.63. The van der Waals surface area contributed by atoms with Crippen LogP contribution < -0.4 is 15.1 Å². The van der Waals surface area contributed by atoms with Crippen LogP contribution in [-0.2, 0) is 4.74 Å². The van der Waals surface area contributed by atoms with Gasteiger partial charge in [0.1, 0.15) is 39.5 Å². The monoisotopic (exact) mass is 360 g/mol. The Morgan fingerprint density at radius 2 is 1.77 bits per heavy atom. The Kier molecular flexibility index (Phi) is 4.33. The van der Waals surface area contributed by atoms with Crippen molar-refractivity contribution >= 4 is 27.7 Å². The van der Waals surface area contributed by atoms with E-state index in [9.17, 15) is 19.8 Å². The molecular formula is C18H16O8. The van der Waals surface area contributed by atoms with Crippen LogP contribution in [0.3, 0.4) is 0 Å². The van der Waals surface area contributed by atoms with Crippen molar-refractivity contribution in [3.8, 4) is 23.0 Å². The van der Waals surface area contributed by atoms with E-state index in [1.807, 2.05) is 0 Å². The Hall–Kier alpha value is -3.42. The second kappa shape index (κ2) is 6.47. The molecule has 8 heteroatoms. The predicted molar refractivity (Wildman–Crippen MR) is 92.4 cm³/mol. The number of hydrogen-bond acceptors (Lipinski definition) is 8. The first kappa shape index (κ1) is 17.4. The molecule has 0 spiro atoms. The van der Waals surface area contributed by atoms with Crippen molar-refractivity contribution < 1.29 is 33.6 Å². The number of aromatic hydroxyl groups is 2. The first-order valence-electron chi connectivity index (χ1n) is 7.67. The van der Waals surface area contributed by atoms with Crippen molar-refractivity contribution in [3.05, 3.63) is 34.2 Å². The van der Waals surface area contributed by atoms with Gasteiger partial charge in [0, 0.05) is 23.6 Å². The number of hydrogen-bond donors (Lipinski definition) is 2. The minimum atomic E-state index is -0.883. The SMILES string of the molecule is CCOC(=O)c1c(O)cc(O)c2c(=O)oc3cc(OC)cc(OC)c3c12. The molecule has 0 aliphatic rings.